The van der Waals surface area contributed by atoms with Crippen LogP contribution < -0.4 is 0 Å². The molecule has 0 saturated carbocycles. The van der Waals surface area contributed by atoms with Gasteiger partial charge in [0.25, 0.3) is 0 Å². The highest BCUT2D eigenvalue weighted by atomic mass is 127. The second-order valence-electron chi connectivity index (χ2n) is 3.75. The highest BCUT2D eigenvalue weighted by molar-refractivity contribution is 14.1. The van der Waals surface area contributed by atoms with E-state index in [1.807, 2.05) is 6.92 Å². The molecule has 0 aliphatic rings. The van der Waals surface area contributed by atoms with Crippen LogP contribution in [0.25, 0.3) is 0 Å². The molecule has 1 N–H and O–H groups in total. The molecule has 0 amide bonds. The monoisotopic (exact) mass is 284 g/mol. The number of unbranched alkanes of at least 4 members (excludes halogenated alkanes) is 2. The lowest BCUT2D eigenvalue weighted by molar-refractivity contribution is 0.0377. The van der Waals surface area contributed by atoms with Gasteiger partial charge in [-0.3, -0.25) is 0 Å². The van der Waals surface area contributed by atoms with Crippen LogP contribution in [0.2, 0.25) is 0 Å². The molecule has 0 aromatic rings. The summed E-state index contributed by atoms with van der Waals surface area (Å²) < 4.78 is 1.21. The van der Waals surface area contributed by atoms with E-state index in [0.717, 1.165) is 19.3 Å². The molecule has 0 heterocycles. The van der Waals surface area contributed by atoms with E-state index in [9.17, 15) is 5.11 Å². The average Bonchev–Trinajstić information content (AvgIpc) is 2.01. The molecule has 12 heavy (non-hydrogen) atoms. The van der Waals surface area contributed by atoms with Gasteiger partial charge in [-0.2, -0.15) is 0 Å². The van der Waals surface area contributed by atoms with Crippen LogP contribution in [0, 0.1) is 0 Å². The first-order valence-corrected chi connectivity index (χ1v) is 6.43. The Labute approximate surface area is 90.1 Å². The van der Waals surface area contributed by atoms with Gasteiger partial charge in [-0.1, -0.05) is 42.4 Å². The molecule has 0 rings (SSSR count). The van der Waals surface area contributed by atoms with Crippen LogP contribution in [0.3, 0.4) is 0 Å². The maximum Gasteiger partial charge on any atom is 0.0619 e. The van der Waals surface area contributed by atoms with E-state index in [1.54, 1.807) is 0 Å². The van der Waals surface area contributed by atoms with E-state index in [1.165, 1.54) is 23.7 Å². The molecule has 0 fully saturated rings. The molecule has 0 saturated heterocycles. The van der Waals surface area contributed by atoms with E-state index in [4.69, 9.17) is 0 Å². The first-order valence-electron chi connectivity index (χ1n) is 4.91. The minimum atomic E-state index is -0.401. The zero-order chi connectivity index (χ0) is 9.45. The van der Waals surface area contributed by atoms with Crippen LogP contribution in [0.15, 0.2) is 0 Å². The van der Waals surface area contributed by atoms with Gasteiger partial charge in [-0.05, 0) is 37.0 Å². The molecule has 0 spiro atoms. The van der Waals surface area contributed by atoms with Crippen LogP contribution in [-0.2, 0) is 0 Å². The average molecular weight is 284 g/mol. The van der Waals surface area contributed by atoms with E-state index in [2.05, 4.69) is 29.5 Å². The summed E-state index contributed by atoms with van der Waals surface area (Å²) in [6.45, 7) is 4.14. The highest BCUT2D eigenvalue weighted by Crippen LogP contribution is 2.20. The smallest absolute Gasteiger partial charge is 0.0619 e. The predicted octanol–water partition coefficient (Wildman–Crippen LogP) is 3.53. The number of rotatable bonds is 7. The van der Waals surface area contributed by atoms with Gasteiger partial charge in [0.15, 0.2) is 0 Å². The molecule has 1 atom stereocenters. The molecular formula is C10H21IO. The van der Waals surface area contributed by atoms with Gasteiger partial charge >= 0.3 is 0 Å². The van der Waals surface area contributed by atoms with Gasteiger partial charge in [0.2, 0.25) is 0 Å². The van der Waals surface area contributed by atoms with E-state index in [0.29, 0.717) is 0 Å². The molecule has 1 unspecified atom stereocenters. The first kappa shape index (κ1) is 12.7. The fourth-order valence-electron chi connectivity index (χ4n) is 1.28. The summed E-state index contributed by atoms with van der Waals surface area (Å²) >= 11 is 2.39. The Balaban J connectivity index is 3.42. The molecule has 0 aromatic carbocycles. The second kappa shape index (κ2) is 7.13. The molecule has 0 radical (unpaired) electrons. The predicted molar refractivity (Wildman–Crippen MR) is 62.9 cm³/mol. The summed E-state index contributed by atoms with van der Waals surface area (Å²) in [5, 5.41) is 9.87. The number of hydrogen-bond donors (Lipinski definition) is 1. The van der Waals surface area contributed by atoms with Crippen LogP contribution in [0.4, 0.5) is 0 Å². The van der Waals surface area contributed by atoms with Crippen molar-refractivity contribution < 1.29 is 5.11 Å². The Morgan fingerprint density at radius 3 is 2.25 bits per heavy atom. The van der Waals surface area contributed by atoms with Crippen molar-refractivity contribution in [1.29, 1.82) is 0 Å². The topological polar surface area (TPSA) is 20.2 Å². The zero-order valence-electron chi connectivity index (χ0n) is 8.27. The number of hydrogen-bond acceptors (Lipinski definition) is 1. The molecular weight excluding hydrogens is 263 g/mol. The van der Waals surface area contributed by atoms with Crippen molar-refractivity contribution in [1.82, 2.24) is 0 Å². The number of aliphatic hydroxyl groups is 1. The van der Waals surface area contributed by atoms with Crippen molar-refractivity contribution in [2.24, 2.45) is 0 Å². The van der Waals surface area contributed by atoms with Gasteiger partial charge in [0.05, 0.1) is 5.60 Å². The Bertz CT molecular complexity index is 102. The zero-order valence-corrected chi connectivity index (χ0v) is 10.4. The van der Waals surface area contributed by atoms with Crippen molar-refractivity contribution >= 4 is 22.6 Å². The molecule has 2 heteroatoms. The van der Waals surface area contributed by atoms with Gasteiger partial charge in [0, 0.05) is 0 Å². The molecule has 0 aromatic heterocycles. The van der Waals surface area contributed by atoms with Crippen LogP contribution in [-0.4, -0.2) is 15.1 Å². The normalized spacial score (nSPS) is 16.0. The van der Waals surface area contributed by atoms with Gasteiger partial charge in [-0.25, -0.2) is 0 Å². The molecule has 0 aliphatic carbocycles. The summed E-state index contributed by atoms with van der Waals surface area (Å²) in [7, 11) is 0. The second-order valence-corrected chi connectivity index (χ2v) is 4.83. The van der Waals surface area contributed by atoms with E-state index in [-0.39, 0.29) is 0 Å². The first-order chi connectivity index (χ1) is 5.62. The summed E-state index contributed by atoms with van der Waals surface area (Å²) in [5.74, 6) is 0. The Kier molecular flexibility index (Phi) is 7.54. The quantitative estimate of drug-likeness (QED) is 0.431. The largest absolute Gasteiger partial charge is 0.390 e. The van der Waals surface area contributed by atoms with Crippen molar-refractivity contribution in [2.75, 3.05) is 4.43 Å². The molecule has 1 nitrogen and oxygen atoms in total. The number of halogens is 1. The van der Waals surface area contributed by atoms with Gasteiger partial charge < -0.3 is 5.11 Å². The Morgan fingerprint density at radius 2 is 1.75 bits per heavy atom. The molecule has 74 valence electrons. The van der Waals surface area contributed by atoms with Crippen molar-refractivity contribution in [3.63, 3.8) is 0 Å². The Morgan fingerprint density at radius 1 is 1.17 bits per heavy atom. The van der Waals surface area contributed by atoms with Crippen molar-refractivity contribution in [3.05, 3.63) is 0 Å². The summed E-state index contributed by atoms with van der Waals surface area (Å²) in [5.41, 5.74) is -0.401. The minimum Gasteiger partial charge on any atom is -0.390 e. The van der Waals surface area contributed by atoms with E-state index >= 15 is 0 Å². The third-order valence-electron chi connectivity index (χ3n) is 2.17. The lowest BCUT2D eigenvalue weighted by atomic mass is 9.93. The standard InChI is InChI=1S/C10H21IO/c1-3-4-7-10(2,12)8-5-6-9-11/h12H,3-9H2,1-2H3. The third-order valence-corrected chi connectivity index (χ3v) is 2.93. The lowest BCUT2D eigenvalue weighted by Gasteiger charge is -2.22. The van der Waals surface area contributed by atoms with Gasteiger partial charge in [-0.15, -0.1) is 0 Å². The van der Waals surface area contributed by atoms with Crippen LogP contribution in [0.1, 0.15) is 52.4 Å². The third kappa shape index (κ3) is 7.35. The van der Waals surface area contributed by atoms with Crippen LogP contribution >= 0.6 is 22.6 Å². The SMILES string of the molecule is CCCCC(C)(O)CCCCI. The molecule has 0 aliphatic heterocycles. The van der Waals surface area contributed by atoms with Crippen LogP contribution in [0.5, 0.6) is 0 Å². The van der Waals surface area contributed by atoms with Gasteiger partial charge in [0.1, 0.15) is 0 Å². The minimum absolute atomic E-state index is 0.401. The summed E-state index contributed by atoms with van der Waals surface area (Å²) in [4.78, 5) is 0. The fourth-order valence-corrected chi connectivity index (χ4v) is 1.82. The summed E-state index contributed by atoms with van der Waals surface area (Å²) in [6, 6.07) is 0. The highest BCUT2D eigenvalue weighted by Gasteiger charge is 2.18. The molecule has 0 bridgehead atoms. The summed E-state index contributed by atoms with van der Waals surface area (Å²) in [6.07, 6.45) is 6.67. The fraction of sp³-hybridized carbons (Fsp3) is 1.00. The number of alkyl halides is 1. The van der Waals surface area contributed by atoms with Crippen molar-refractivity contribution in [3.8, 4) is 0 Å². The lowest BCUT2D eigenvalue weighted by Crippen LogP contribution is -2.23. The maximum absolute atomic E-state index is 9.87. The van der Waals surface area contributed by atoms with Crippen molar-refractivity contribution in [2.45, 2.75) is 58.0 Å². The maximum atomic E-state index is 9.87. The Hall–Kier alpha value is 0.690. The van der Waals surface area contributed by atoms with E-state index < -0.39 is 5.60 Å².